The third-order valence-corrected chi connectivity index (χ3v) is 5.48. The smallest absolute Gasteiger partial charge is 0.255 e. The molecule has 2 aromatic carbocycles. The summed E-state index contributed by atoms with van der Waals surface area (Å²) in [5.74, 6) is -0.972. The van der Waals surface area contributed by atoms with Crippen molar-refractivity contribution in [2.45, 2.75) is 18.7 Å². The predicted molar refractivity (Wildman–Crippen MR) is 91.1 cm³/mol. The molecule has 0 unspecified atom stereocenters. The summed E-state index contributed by atoms with van der Waals surface area (Å²) >= 11 is 0. The van der Waals surface area contributed by atoms with Gasteiger partial charge in [0.15, 0.2) is 0 Å². The Balaban J connectivity index is 2.35. The summed E-state index contributed by atoms with van der Waals surface area (Å²) < 4.78 is 39.1. The van der Waals surface area contributed by atoms with Crippen LogP contribution in [0.25, 0.3) is 0 Å². The third kappa shape index (κ3) is 3.63. The van der Waals surface area contributed by atoms with Gasteiger partial charge in [-0.3, -0.25) is 4.79 Å². The van der Waals surface area contributed by atoms with Crippen LogP contribution in [0.4, 0.5) is 10.1 Å². The van der Waals surface area contributed by atoms with E-state index in [1.807, 2.05) is 0 Å². The maximum Gasteiger partial charge on any atom is 0.255 e. The van der Waals surface area contributed by atoms with Gasteiger partial charge < -0.3 is 5.32 Å². The highest BCUT2D eigenvalue weighted by Gasteiger charge is 2.19. The first-order valence-corrected chi connectivity index (χ1v) is 8.67. The van der Waals surface area contributed by atoms with Crippen LogP contribution in [0.2, 0.25) is 0 Å². The van der Waals surface area contributed by atoms with Crippen LogP contribution in [0.5, 0.6) is 0 Å². The van der Waals surface area contributed by atoms with Crippen LogP contribution >= 0.6 is 0 Å². The Morgan fingerprint density at radius 3 is 2.25 bits per heavy atom. The first-order valence-electron chi connectivity index (χ1n) is 7.23. The van der Waals surface area contributed by atoms with Gasteiger partial charge >= 0.3 is 0 Å². The number of carbonyl (C=O) groups is 1. The Labute approximate surface area is 141 Å². The van der Waals surface area contributed by atoms with Gasteiger partial charge in [0.1, 0.15) is 5.82 Å². The van der Waals surface area contributed by atoms with Crippen molar-refractivity contribution in [1.29, 1.82) is 0 Å². The molecule has 0 aliphatic rings. The molecule has 0 aliphatic heterocycles. The van der Waals surface area contributed by atoms with Gasteiger partial charge in [0.25, 0.3) is 5.91 Å². The highest BCUT2D eigenvalue weighted by atomic mass is 32.2. The van der Waals surface area contributed by atoms with E-state index in [2.05, 4.69) is 5.32 Å². The standard InChI is InChI=1S/C17H19FN2O3S/c1-11-5-7-13(9-15(11)18)17(21)19-16-10-14(8-6-12(16)2)24(22,23)20(3)4/h5-10H,1-4H3,(H,19,21). The molecule has 0 atom stereocenters. The number of halogens is 1. The fraction of sp³-hybridized carbons (Fsp3) is 0.235. The minimum atomic E-state index is -3.61. The number of nitrogens with one attached hydrogen (secondary N) is 1. The van der Waals surface area contributed by atoms with E-state index in [9.17, 15) is 17.6 Å². The quantitative estimate of drug-likeness (QED) is 0.922. The van der Waals surface area contributed by atoms with Crippen molar-refractivity contribution < 1.29 is 17.6 Å². The van der Waals surface area contributed by atoms with Crippen LogP contribution in [-0.4, -0.2) is 32.7 Å². The highest BCUT2D eigenvalue weighted by molar-refractivity contribution is 7.89. The minimum Gasteiger partial charge on any atom is -0.322 e. The number of aryl methyl sites for hydroxylation is 2. The fourth-order valence-corrected chi connectivity index (χ4v) is 2.96. The van der Waals surface area contributed by atoms with Crippen LogP contribution in [0, 0.1) is 19.7 Å². The van der Waals surface area contributed by atoms with Crippen molar-refractivity contribution in [2.75, 3.05) is 19.4 Å². The molecule has 2 rings (SSSR count). The molecule has 1 amide bonds. The van der Waals surface area contributed by atoms with Gasteiger partial charge in [-0.25, -0.2) is 17.1 Å². The molecule has 24 heavy (non-hydrogen) atoms. The van der Waals surface area contributed by atoms with Gasteiger partial charge in [-0.15, -0.1) is 0 Å². The summed E-state index contributed by atoms with van der Waals surface area (Å²) in [5.41, 5.74) is 1.68. The molecule has 0 heterocycles. The summed E-state index contributed by atoms with van der Waals surface area (Å²) in [6.45, 7) is 3.36. The first kappa shape index (κ1) is 18.1. The van der Waals surface area contributed by atoms with E-state index in [1.165, 1.54) is 38.4 Å². The van der Waals surface area contributed by atoms with Crippen LogP contribution in [-0.2, 0) is 10.0 Å². The van der Waals surface area contributed by atoms with E-state index >= 15 is 0 Å². The van der Waals surface area contributed by atoms with E-state index in [4.69, 9.17) is 0 Å². The van der Waals surface area contributed by atoms with Crippen LogP contribution < -0.4 is 5.32 Å². The lowest BCUT2D eigenvalue weighted by atomic mass is 10.1. The second-order valence-corrected chi connectivity index (χ2v) is 7.83. The number of benzene rings is 2. The van der Waals surface area contributed by atoms with Crippen molar-refractivity contribution in [1.82, 2.24) is 4.31 Å². The second-order valence-electron chi connectivity index (χ2n) is 5.68. The molecule has 0 bridgehead atoms. The predicted octanol–water partition coefficient (Wildman–Crippen LogP) is 2.95. The zero-order chi connectivity index (χ0) is 18.1. The van der Waals surface area contributed by atoms with Crippen molar-refractivity contribution in [3.63, 3.8) is 0 Å². The Morgan fingerprint density at radius 1 is 1.04 bits per heavy atom. The molecule has 0 radical (unpaired) electrons. The molecular formula is C17H19FN2O3S. The molecule has 0 spiro atoms. The average molecular weight is 350 g/mol. The number of nitrogens with zero attached hydrogens (tertiary/aromatic N) is 1. The summed E-state index contributed by atoms with van der Waals surface area (Å²) in [7, 11) is -0.741. The number of anilines is 1. The number of hydrogen-bond acceptors (Lipinski definition) is 3. The van der Waals surface area contributed by atoms with E-state index in [-0.39, 0.29) is 10.5 Å². The van der Waals surface area contributed by atoms with Crippen molar-refractivity contribution >= 4 is 21.6 Å². The number of carbonyl (C=O) groups excluding carboxylic acids is 1. The Kier molecular flexibility index (Phi) is 5.05. The maximum absolute atomic E-state index is 13.6. The first-order chi connectivity index (χ1) is 11.1. The molecule has 0 aliphatic carbocycles. The molecule has 0 saturated carbocycles. The van der Waals surface area contributed by atoms with Gasteiger partial charge in [-0.2, -0.15) is 0 Å². The van der Waals surface area contributed by atoms with Crippen molar-refractivity contribution in [3.8, 4) is 0 Å². The molecule has 0 fully saturated rings. The van der Waals surface area contributed by atoms with Crippen molar-refractivity contribution in [2.24, 2.45) is 0 Å². The van der Waals surface area contributed by atoms with Gasteiger partial charge in [-0.05, 0) is 49.2 Å². The second kappa shape index (κ2) is 6.70. The third-order valence-electron chi connectivity index (χ3n) is 3.67. The minimum absolute atomic E-state index is 0.0727. The SMILES string of the molecule is Cc1ccc(C(=O)Nc2cc(S(=O)(=O)N(C)C)ccc2C)cc1F. The topological polar surface area (TPSA) is 66.5 Å². The molecule has 0 aromatic heterocycles. The Hall–Kier alpha value is -2.25. The number of sulfonamides is 1. The molecule has 128 valence electrons. The highest BCUT2D eigenvalue weighted by Crippen LogP contribution is 2.23. The fourth-order valence-electron chi connectivity index (χ4n) is 2.04. The molecule has 2 aromatic rings. The Morgan fingerprint density at radius 2 is 1.67 bits per heavy atom. The number of hydrogen-bond donors (Lipinski definition) is 1. The van der Waals surface area contributed by atoms with Crippen LogP contribution in [0.15, 0.2) is 41.3 Å². The van der Waals surface area contributed by atoms with E-state index in [1.54, 1.807) is 19.9 Å². The van der Waals surface area contributed by atoms with Gasteiger partial charge in [0.2, 0.25) is 10.0 Å². The van der Waals surface area contributed by atoms with Crippen LogP contribution in [0.1, 0.15) is 21.5 Å². The molecule has 5 nitrogen and oxygen atoms in total. The monoisotopic (exact) mass is 350 g/mol. The summed E-state index contributed by atoms with van der Waals surface area (Å²) in [5, 5.41) is 2.64. The summed E-state index contributed by atoms with van der Waals surface area (Å²) in [6, 6.07) is 8.68. The van der Waals surface area contributed by atoms with E-state index < -0.39 is 21.7 Å². The van der Waals surface area contributed by atoms with Gasteiger partial charge in [0.05, 0.1) is 4.90 Å². The molecule has 1 N–H and O–H groups in total. The molecular weight excluding hydrogens is 331 g/mol. The lowest BCUT2D eigenvalue weighted by molar-refractivity contribution is 0.102. The van der Waals surface area contributed by atoms with Gasteiger partial charge in [0, 0.05) is 25.3 Å². The zero-order valence-corrected chi connectivity index (χ0v) is 14.7. The average Bonchev–Trinajstić information content (AvgIpc) is 2.51. The number of rotatable bonds is 4. The summed E-state index contributed by atoms with van der Waals surface area (Å²) in [4.78, 5) is 12.4. The molecule has 0 saturated heterocycles. The molecule has 7 heteroatoms. The normalized spacial score (nSPS) is 11.6. The lowest BCUT2D eigenvalue weighted by Crippen LogP contribution is -2.22. The number of amides is 1. The largest absolute Gasteiger partial charge is 0.322 e. The Bertz CT molecular complexity index is 893. The zero-order valence-electron chi connectivity index (χ0n) is 13.9. The lowest BCUT2D eigenvalue weighted by Gasteiger charge is -2.14. The van der Waals surface area contributed by atoms with Crippen LogP contribution in [0.3, 0.4) is 0 Å². The van der Waals surface area contributed by atoms with E-state index in [0.29, 0.717) is 16.8 Å². The maximum atomic E-state index is 13.6. The van der Waals surface area contributed by atoms with E-state index in [0.717, 1.165) is 10.4 Å². The van der Waals surface area contributed by atoms with Gasteiger partial charge in [-0.1, -0.05) is 12.1 Å². The van der Waals surface area contributed by atoms with Crippen molar-refractivity contribution in [3.05, 3.63) is 58.9 Å². The summed E-state index contributed by atoms with van der Waals surface area (Å²) in [6.07, 6.45) is 0.